The molecule has 7 nitrogen and oxygen atoms in total. The molecule has 20 heavy (non-hydrogen) atoms. The van der Waals surface area contributed by atoms with Crippen molar-refractivity contribution >= 4 is 11.5 Å². The van der Waals surface area contributed by atoms with Crippen molar-refractivity contribution in [2.45, 2.75) is 57.5 Å². The van der Waals surface area contributed by atoms with Gasteiger partial charge in [-0.1, -0.05) is 13.3 Å². The van der Waals surface area contributed by atoms with Gasteiger partial charge in [0.1, 0.15) is 5.69 Å². The van der Waals surface area contributed by atoms with Crippen LogP contribution in [0.25, 0.3) is 0 Å². The summed E-state index contributed by atoms with van der Waals surface area (Å²) in [6, 6.07) is 0.517. The number of hydrogen-bond acceptors (Lipinski definition) is 5. The normalized spacial score (nSPS) is 22.8. The molecule has 1 saturated carbocycles. The van der Waals surface area contributed by atoms with Gasteiger partial charge < -0.3 is 11.1 Å². The van der Waals surface area contributed by atoms with E-state index in [-0.39, 0.29) is 22.7 Å². The Morgan fingerprint density at radius 3 is 2.65 bits per heavy atom. The van der Waals surface area contributed by atoms with Crippen molar-refractivity contribution in [3.63, 3.8) is 0 Å². The van der Waals surface area contributed by atoms with Gasteiger partial charge in [0.2, 0.25) is 5.82 Å². The van der Waals surface area contributed by atoms with Crippen molar-refractivity contribution in [1.29, 1.82) is 0 Å². The Labute approximate surface area is 118 Å². The van der Waals surface area contributed by atoms with E-state index in [1.54, 1.807) is 11.7 Å². The van der Waals surface area contributed by atoms with Gasteiger partial charge in [-0.15, -0.1) is 0 Å². The summed E-state index contributed by atoms with van der Waals surface area (Å²) < 4.78 is 1.59. The zero-order valence-corrected chi connectivity index (χ0v) is 12.1. The summed E-state index contributed by atoms with van der Waals surface area (Å²) in [5.41, 5.74) is 6.58. The minimum atomic E-state index is -0.325. The molecule has 1 fully saturated rings. The summed E-state index contributed by atoms with van der Waals surface area (Å²) in [5.74, 6) is 0.527. The standard InChI is InChI=1S/C13H23N5O2/c1-3-4-11-12(18(19)20)13(17(2)16-11)15-10-7-5-9(14)6-8-10/h9-10,15H,3-8,14H2,1-2H3. The highest BCUT2D eigenvalue weighted by Gasteiger charge is 2.28. The van der Waals surface area contributed by atoms with Crippen LogP contribution in [0.2, 0.25) is 0 Å². The molecule has 1 heterocycles. The van der Waals surface area contributed by atoms with E-state index in [0.29, 0.717) is 17.9 Å². The average molecular weight is 281 g/mol. The summed E-state index contributed by atoms with van der Waals surface area (Å²) >= 11 is 0. The number of hydrogen-bond donors (Lipinski definition) is 2. The molecule has 0 spiro atoms. The van der Waals surface area contributed by atoms with Crippen molar-refractivity contribution < 1.29 is 4.92 Å². The molecular formula is C13H23N5O2. The number of aryl methyl sites for hydroxylation is 2. The highest BCUT2D eigenvalue weighted by Crippen LogP contribution is 2.31. The van der Waals surface area contributed by atoms with Crippen LogP contribution in [0.1, 0.15) is 44.7 Å². The van der Waals surface area contributed by atoms with Crippen molar-refractivity contribution in [2.75, 3.05) is 5.32 Å². The fourth-order valence-corrected chi connectivity index (χ4v) is 2.78. The van der Waals surface area contributed by atoms with Crippen molar-refractivity contribution in [3.05, 3.63) is 15.8 Å². The Hall–Kier alpha value is -1.63. The molecule has 0 aliphatic heterocycles. The first kappa shape index (κ1) is 14.8. The smallest absolute Gasteiger partial charge is 0.333 e. The molecule has 1 aliphatic rings. The third-order valence-electron chi connectivity index (χ3n) is 3.87. The second-order valence-corrected chi connectivity index (χ2v) is 5.53. The molecule has 0 unspecified atom stereocenters. The van der Waals surface area contributed by atoms with Gasteiger partial charge in [-0.25, -0.2) is 4.68 Å². The Morgan fingerprint density at radius 1 is 1.45 bits per heavy atom. The van der Waals surface area contributed by atoms with E-state index in [0.717, 1.165) is 32.1 Å². The number of nitrogens with two attached hydrogens (primary N) is 1. The number of nitrogens with zero attached hydrogens (tertiary/aromatic N) is 3. The van der Waals surface area contributed by atoms with E-state index < -0.39 is 0 Å². The van der Waals surface area contributed by atoms with E-state index in [2.05, 4.69) is 10.4 Å². The maximum absolute atomic E-state index is 11.3. The first-order valence-corrected chi connectivity index (χ1v) is 7.25. The van der Waals surface area contributed by atoms with Gasteiger partial charge in [0.05, 0.1) is 4.92 Å². The quantitative estimate of drug-likeness (QED) is 0.635. The van der Waals surface area contributed by atoms with Crippen LogP contribution < -0.4 is 11.1 Å². The van der Waals surface area contributed by atoms with Gasteiger partial charge in [0.25, 0.3) is 0 Å². The molecule has 0 amide bonds. The topological polar surface area (TPSA) is 99.0 Å². The van der Waals surface area contributed by atoms with Crippen LogP contribution in [-0.2, 0) is 13.5 Å². The van der Waals surface area contributed by atoms with Crippen LogP contribution in [-0.4, -0.2) is 26.8 Å². The lowest BCUT2D eigenvalue weighted by Gasteiger charge is -2.27. The molecule has 0 aromatic carbocycles. The van der Waals surface area contributed by atoms with Crippen molar-refractivity contribution in [3.8, 4) is 0 Å². The second-order valence-electron chi connectivity index (χ2n) is 5.53. The molecule has 0 saturated heterocycles. The minimum absolute atomic E-state index is 0.129. The van der Waals surface area contributed by atoms with Gasteiger partial charge in [-0.05, 0) is 32.1 Å². The molecule has 1 aliphatic carbocycles. The van der Waals surface area contributed by atoms with Gasteiger partial charge in [-0.3, -0.25) is 10.1 Å². The number of rotatable bonds is 5. The Kier molecular flexibility index (Phi) is 4.59. The largest absolute Gasteiger partial charge is 0.362 e. The first-order valence-electron chi connectivity index (χ1n) is 7.25. The van der Waals surface area contributed by atoms with Crippen LogP contribution >= 0.6 is 0 Å². The molecule has 3 N–H and O–H groups in total. The molecule has 0 atom stereocenters. The highest BCUT2D eigenvalue weighted by molar-refractivity contribution is 5.60. The summed E-state index contributed by atoms with van der Waals surface area (Å²) in [6.07, 6.45) is 5.30. The van der Waals surface area contributed by atoms with Crippen LogP contribution in [0.15, 0.2) is 0 Å². The average Bonchev–Trinajstić information content (AvgIpc) is 2.69. The van der Waals surface area contributed by atoms with Crippen LogP contribution in [0.4, 0.5) is 11.5 Å². The van der Waals surface area contributed by atoms with Gasteiger partial charge >= 0.3 is 5.69 Å². The molecule has 2 rings (SSSR count). The summed E-state index contributed by atoms with van der Waals surface area (Å²) in [4.78, 5) is 11.0. The Morgan fingerprint density at radius 2 is 2.10 bits per heavy atom. The van der Waals surface area contributed by atoms with Crippen molar-refractivity contribution in [1.82, 2.24) is 9.78 Å². The highest BCUT2D eigenvalue weighted by atomic mass is 16.6. The summed E-state index contributed by atoms with van der Waals surface area (Å²) in [7, 11) is 1.75. The first-order chi connectivity index (χ1) is 9.52. The Balaban J connectivity index is 2.19. The van der Waals surface area contributed by atoms with Gasteiger partial charge in [-0.2, -0.15) is 5.10 Å². The number of anilines is 1. The summed E-state index contributed by atoms with van der Waals surface area (Å²) in [5, 5.41) is 18.9. The van der Waals surface area contributed by atoms with E-state index >= 15 is 0 Å². The third kappa shape index (κ3) is 3.09. The molecular weight excluding hydrogens is 258 g/mol. The lowest BCUT2D eigenvalue weighted by Crippen LogP contribution is -2.33. The van der Waals surface area contributed by atoms with Gasteiger partial charge in [0.15, 0.2) is 0 Å². The monoisotopic (exact) mass is 281 g/mol. The zero-order valence-electron chi connectivity index (χ0n) is 12.1. The minimum Gasteiger partial charge on any atom is -0.362 e. The van der Waals surface area contributed by atoms with E-state index in [9.17, 15) is 10.1 Å². The fourth-order valence-electron chi connectivity index (χ4n) is 2.78. The third-order valence-corrected chi connectivity index (χ3v) is 3.87. The van der Waals surface area contributed by atoms with E-state index in [4.69, 9.17) is 5.73 Å². The SMILES string of the molecule is CCCc1nn(C)c(NC2CCC(N)CC2)c1[N+](=O)[O-]. The van der Waals surface area contributed by atoms with Crippen LogP contribution in [0.3, 0.4) is 0 Å². The Bertz CT molecular complexity index is 477. The van der Waals surface area contributed by atoms with Crippen LogP contribution in [0, 0.1) is 10.1 Å². The number of aromatic nitrogens is 2. The zero-order chi connectivity index (χ0) is 14.7. The second kappa shape index (κ2) is 6.21. The maximum atomic E-state index is 11.3. The molecule has 1 aromatic rings. The lowest BCUT2D eigenvalue weighted by atomic mass is 9.92. The van der Waals surface area contributed by atoms with E-state index in [1.807, 2.05) is 6.92 Å². The van der Waals surface area contributed by atoms with Crippen LogP contribution in [0.5, 0.6) is 0 Å². The molecule has 0 bridgehead atoms. The number of nitro groups is 1. The summed E-state index contributed by atoms with van der Waals surface area (Å²) in [6.45, 7) is 1.99. The number of nitrogens with one attached hydrogen (secondary N) is 1. The lowest BCUT2D eigenvalue weighted by molar-refractivity contribution is -0.384. The molecule has 0 radical (unpaired) electrons. The maximum Gasteiger partial charge on any atom is 0.333 e. The molecule has 112 valence electrons. The predicted molar refractivity (Wildman–Crippen MR) is 77.7 cm³/mol. The molecule has 1 aromatic heterocycles. The molecule has 7 heteroatoms. The predicted octanol–water partition coefficient (Wildman–Crippen LogP) is 1.96. The van der Waals surface area contributed by atoms with Crippen molar-refractivity contribution in [2.24, 2.45) is 12.8 Å². The van der Waals surface area contributed by atoms with E-state index in [1.165, 1.54) is 0 Å². The fraction of sp³-hybridized carbons (Fsp3) is 0.769. The van der Waals surface area contributed by atoms with Gasteiger partial charge in [0, 0.05) is 19.1 Å².